The molecular formula is C25H32N4O2. The zero-order valence-electron chi connectivity index (χ0n) is 18.8. The third kappa shape index (κ3) is 4.63. The third-order valence-corrected chi connectivity index (χ3v) is 6.27. The first-order valence-corrected chi connectivity index (χ1v) is 11.4. The van der Waals surface area contributed by atoms with Crippen molar-refractivity contribution in [1.82, 2.24) is 14.9 Å². The number of fused-ring (bicyclic) bond motifs is 1. The first kappa shape index (κ1) is 21.5. The molecule has 2 aliphatic heterocycles. The van der Waals surface area contributed by atoms with Crippen LogP contribution < -0.4 is 4.90 Å². The van der Waals surface area contributed by atoms with Crippen molar-refractivity contribution in [2.24, 2.45) is 5.92 Å². The molecule has 1 aromatic carbocycles. The lowest BCUT2D eigenvalue weighted by molar-refractivity contribution is -0.136. The van der Waals surface area contributed by atoms with E-state index in [-0.39, 0.29) is 17.9 Å². The van der Waals surface area contributed by atoms with Gasteiger partial charge < -0.3 is 4.90 Å². The van der Waals surface area contributed by atoms with E-state index in [1.807, 2.05) is 34.9 Å². The number of amides is 2. The van der Waals surface area contributed by atoms with Gasteiger partial charge in [0, 0.05) is 30.8 Å². The molecule has 0 spiro atoms. The molecule has 1 atom stereocenters. The Balaban J connectivity index is 1.60. The number of aryl methyl sites for hydroxylation is 1. The highest BCUT2D eigenvalue weighted by molar-refractivity contribution is 6.00. The number of carbonyl (C=O) groups is 2. The van der Waals surface area contributed by atoms with Crippen LogP contribution in [0.3, 0.4) is 0 Å². The SMILES string of the molecule is Cc1nc([C@@H]2CCCCN2C(=O)CC(C)C)nc2c1CC(=O)N2CCc1ccccc1. The van der Waals surface area contributed by atoms with Crippen LogP contribution in [-0.4, -0.2) is 39.8 Å². The average molecular weight is 421 g/mol. The predicted octanol–water partition coefficient (Wildman–Crippen LogP) is 4.02. The summed E-state index contributed by atoms with van der Waals surface area (Å²) in [6.45, 7) is 7.46. The maximum absolute atomic E-state index is 12.9. The lowest BCUT2D eigenvalue weighted by Gasteiger charge is -2.35. The molecule has 0 N–H and O–H groups in total. The topological polar surface area (TPSA) is 66.4 Å². The lowest BCUT2D eigenvalue weighted by Crippen LogP contribution is -2.40. The molecule has 2 aliphatic rings. The number of likely N-dealkylation sites (tertiary alicyclic amines) is 1. The Morgan fingerprint density at radius 1 is 1.16 bits per heavy atom. The minimum absolute atomic E-state index is 0.0804. The van der Waals surface area contributed by atoms with Gasteiger partial charge in [-0.25, -0.2) is 9.97 Å². The van der Waals surface area contributed by atoms with Crippen LogP contribution in [0.15, 0.2) is 30.3 Å². The van der Waals surface area contributed by atoms with Gasteiger partial charge in [-0.05, 0) is 44.1 Å². The molecule has 0 aliphatic carbocycles. The Hall–Kier alpha value is -2.76. The molecule has 2 aromatic rings. The molecule has 0 bridgehead atoms. The van der Waals surface area contributed by atoms with Crippen LogP contribution in [-0.2, 0) is 22.4 Å². The van der Waals surface area contributed by atoms with Gasteiger partial charge >= 0.3 is 0 Å². The van der Waals surface area contributed by atoms with Crippen LogP contribution in [0, 0.1) is 12.8 Å². The Morgan fingerprint density at radius 2 is 1.94 bits per heavy atom. The summed E-state index contributed by atoms with van der Waals surface area (Å²) in [4.78, 5) is 39.1. The minimum Gasteiger partial charge on any atom is -0.332 e. The maximum Gasteiger partial charge on any atom is 0.232 e. The molecule has 0 radical (unpaired) electrons. The second kappa shape index (κ2) is 9.16. The van der Waals surface area contributed by atoms with Crippen LogP contribution in [0.1, 0.15) is 68.2 Å². The molecule has 0 unspecified atom stereocenters. The van der Waals surface area contributed by atoms with Crippen molar-refractivity contribution in [2.75, 3.05) is 18.0 Å². The van der Waals surface area contributed by atoms with Crippen LogP contribution in [0.25, 0.3) is 0 Å². The molecule has 3 heterocycles. The third-order valence-electron chi connectivity index (χ3n) is 6.27. The summed E-state index contributed by atoms with van der Waals surface area (Å²) in [6, 6.07) is 10.1. The number of hydrogen-bond acceptors (Lipinski definition) is 4. The monoisotopic (exact) mass is 420 g/mol. The highest BCUT2D eigenvalue weighted by Gasteiger charge is 2.35. The molecule has 1 saturated heterocycles. The zero-order valence-corrected chi connectivity index (χ0v) is 18.8. The summed E-state index contributed by atoms with van der Waals surface area (Å²) in [5, 5.41) is 0. The predicted molar refractivity (Wildman–Crippen MR) is 121 cm³/mol. The van der Waals surface area contributed by atoms with Crippen LogP contribution in [0.5, 0.6) is 0 Å². The average Bonchev–Trinajstić information content (AvgIpc) is 3.08. The van der Waals surface area contributed by atoms with Crippen LogP contribution in [0.4, 0.5) is 5.82 Å². The number of nitrogens with zero attached hydrogens (tertiary/aromatic N) is 4. The summed E-state index contributed by atoms with van der Waals surface area (Å²) in [5.41, 5.74) is 2.99. The highest BCUT2D eigenvalue weighted by atomic mass is 16.2. The van der Waals surface area contributed by atoms with Gasteiger partial charge in [-0.3, -0.25) is 14.5 Å². The summed E-state index contributed by atoms with van der Waals surface area (Å²) >= 11 is 0. The van der Waals surface area contributed by atoms with Gasteiger partial charge in [-0.15, -0.1) is 0 Å². The van der Waals surface area contributed by atoms with E-state index in [1.165, 1.54) is 5.56 Å². The quantitative estimate of drug-likeness (QED) is 0.708. The molecular weight excluding hydrogens is 388 g/mol. The summed E-state index contributed by atoms with van der Waals surface area (Å²) in [7, 11) is 0. The van der Waals surface area contributed by atoms with Crippen molar-refractivity contribution in [3.05, 3.63) is 53.0 Å². The van der Waals surface area contributed by atoms with Gasteiger partial charge in [0.15, 0.2) is 5.82 Å². The van der Waals surface area contributed by atoms with E-state index in [1.54, 1.807) is 0 Å². The van der Waals surface area contributed by atoms with Crippen molar-refractivity contribution in [3.8, 4) is 0 Å². The van der Waals surface area contributed by atoms with E-state index in [9.17, 15) is 9.59 Å². The van der Waals surface area contributed by atoms with E-state index < -0.39 is 0 Å². The number of anilines is 1. The summed E-state index contributed by atoms with van der Waals surface area (Å²) in [5.74, 6) is 2.01. The second-order valence-corrected chi connectivity index (χ2v) is 9.12. The molecule has 0 saturated carbocycles. The fourth-order valence-electron chi connectivity index (χ4n) is 4.63. The number of carbonyl (C=O) groups excluding carboxylic acids is 2. The second-order valence-electron chi connectivity index (χ2n) is 9.12. The molecule has 6 heteroatoms. The van der Waals surface area contributed by atoms with E-state index in [2.05, 4.69) is 26.0 Å². The van der Waals surface area contributed by atoms with Gasteiger partial charge in [0.1, 0.15) is 5.82 Å². The lowest BCUT2D eigenvalue weighted by atomic mass is 9.99. The van der Waals surface area contributed by atoms with E-state index in [4.69, 9.17) is 9.97 Å². The van der Waals surface area contributed by atoms with Gasteiger partial charge in [0.05, 0.1) is 12.5 Å². The van der Waals surface area contributed by atoms with Gasteiger partial charge in [-0.2, -0.15) is 0 Å². The molecule has 1 aromatic heterocycles. The van der Waals surface area contributed by atoms with E-state index in [0.29, 0.717) is 31.1 Å². The summed E-state index contributed by atoms with van der Waals surface area (Å²) < 4.78 is 0. The summed E-state index contributed by atoms with van der Waals surface area (Å²) in [6.07, 6.45) is 4.64. The van der Waals surface area contributed by atoms with Crippen LogP contribution >= 0.6 is 0 Å². The fraction of sp³-hybridized carbons (Fsp3) is 0.520. The van der Waals surface area contributed by atoms with E-state index in [0.717, 1.165) is 49.3 Å². The van der Waals surface area contributed by atoms with Gasteiger partial charge in [-0.1, -0.05) is 44.2 Å². The van der Waals surface area contributed by atoms with Crippen molar-refractivity contribution in [1.29, 1.82) is 0 Å². The van der Waals surface area contributed by atoms with Gasteiger partial charge in [0.2, 0.25) is 11.8 Å². The largest absolute Gasteiger partial charge is 0.332 e. The Bertz CT molecular complexity index is 957. The van der Waals surface area contributed by atoms with Gasteiger partial charge in [0.25, 0.3) is 0 Å². The Kier molecular flexibility index (Phi) is 6.35. The normalized spacial score (nSPS) is 18.6. The Labute approximate surface area is 184 Å². The van der Waals surface area contributed by atoms with Crippen molar-refractivity contribution < 1.29 is 9.59 Å². The maximum atomic E-state index is 12.9. The molecule has 4 rings (SSSR count). The number of rotatable bonds is 6. The number of aromatic nitrogens is 2. The molecule has 2 amide bonds. The highest BCUT2D eigenvalue weighted by Crippen LogP contribution is 2.35. The smallest absolute Gasteiger partial charge is 0.232 e. The standard InChI is InChI=1S/C25H32N4O2/c1-17(2)15-22(30)28-13-8-7-11-21(28)24-26-18(3)20-16-23(31)29(25(20)27-24)14-12-19-9-5-4-6-10-19/h4-6,9-10,17,21H,7-8,11-16H2,1-3H3/t21-/m0/s1. The van der Waals surface area contributed by atoms with Crippen LogP contribution in [0.2, 0.25) is 0 Å². The molecule has 31 heavy (non-hydrogen) atoms. The molecule has 164 valence electrons. The van der Waals surface area contributed by atoms with Crippen molar-refractivity contribution in [3.63, 3.8) is 0 Å². The number of hydrogen-bond donors (Lipinski definition) is 0. The number of benzene rings is 1. The fourth-order valence-corrected chi connectivity index (χ4v) is 4.63. The molecule has 1 fully saturated rings. The first-order valence-electron chi connectivity index (χ1n) is 11.4. The molecule has 6 nitrogen and oxygen atoms in total. The van der Waals surface area contributed by atoms with E-state index >= 15 is 0 Å². The Morgan fingerprint density at radius 3 is 2.68 bits per heavy atom. The van der Waals surface area contributed by atoms with Crippen molar-refractivity contribution in [2.45, 2.75) is 65.3 Å². The first-order chi connectivity index (χ1) is 14.9. The number of piperidine rings is 1. The zero-order chi connectivity index (χ0) is 22.0. The van der Waals surface area contributed by atoms with Crippen molar-refractivity contribution >= 4 is 17.6 Å². The minimum atomic E-state index is -0.101.